The molecule has 3 aromatic rings. The maximum atomic E-state index is 13.5. The first-order chi connectivity index (χ1) is 16.1. The predicted octanol–water partition coefficient (Wildman–Crippen LogP) is 5.31. The van der Waals surface area contributed by atoms with E-state index < -0.39 is 0 Å². The van der Waals surface area contributed by atoms with Crippen LogP contribution in [0.1, 0.15) is 72.2 Å². The van der Waals surface area contributed by atoms with Gasteiger partial charge in [-0.25, -0.2) is 9.97 Å². The van der Waals surface area contributed by atoms with Crippen molar-refractivity contribution in [1.82, 2.24) is 19.9 Å². The van der Waals surface area contributed by atoms with Gasteiger partial charge in [0, 0.05) is 49.3 Å². The Balaban J connectivity index is 1.68. The number of aromatic nitrogens is 3. The van der Waals surface area contributed by atoms with Crippen LogP contribution in [0, 0.1) is 6.92 Å². The van der Waals surface area contributed by atoms with Crippen LogP contribution in [0.15, 0.2) is 48.9 Å². The maximum absolute atomic E-state index is 13.5. The molecular formula is C27H32N4O2. The number of rotatable bonds is 8. The molecule has 0 aliphatic carbocycles. The summed E-state index contributed by atoms with van der Waals surface area (Å²) in [4.78, 5) is 29.4. The van der Waals surface area contributed by atoms with Crippen LogP contribution in [0.4, 0.5) is 0 Å². The molecule has 0 unspecified atom stereocenters. The lowest BCUT2D eigenvalue weighted by molar-refractivity contribution is 0.0733. The first-order valence-corrected chi connectivity index (χ1v) is 11.9. The third kappa shape index (κ3) is 5.11. The van der Waals surface area contributed by atoms with Gasteiger partial charge in [-0.15, -0.1) is 0 Å². The van der Waals surface area contributed by atoms with Crippen molar-refractivity contribution in [2.75, 3.05) is 13.2 Å². The van der Waals surface area contributed by atoms with E-state index in [1.807, 2.05) is 61.5 Å². The Kier molecular flexibility index (Phi) is 7.45. The topological polar surface area (TPSA) is 68.2 Å². The molecule has 1 fully saturated rings. The Morgan fingerprint density at radius 2 is 1.94 bits per heavy atom. The van der Waals surface area contributed by atoms with Crippen LogP contribution < -0.4 is 0 Å². The number of benzene rings is 1. The quantitative estimate of drug-likeness (QED) is 0.471. The van der Waals surface area contributed by atoms with Crippen LogP contribution in [0.3, 0.4) is 0 Å². The highest BCUT2D eigenvalue weighted by Gasteiger charge is 2.34. The number of hydrogen-bond donors (Lipinski definition) is 0. The van der Waals surface area contributed by atoms with Gasteiger partial charge in [0.05, 0.1) is 18.3 Å². The SMILES string of the molecule is CCCc1ncc(-c2ccncc2C)c([C@@H]2CCCN2C(=O)c2ccc(COCC)cc2)n1. The molecule has 4 rings (SSSR count). The number of carbonyl (C=O) groups excluding carboxylic acids is 1. The van der Waals surface area contributed by atoms with Crippen molar-refractivity contribution in [3.05, 3.63) is 77.1 Å². The number of hydrogen-bond acceptors (Lipinski definition) is 5. The van der Waals surface area contributed by atoms with Gasteiger partial charge in [0.2, 0.25) is 0 Å². The molecule has 1 atom stereocenters. The predicted molar refractivity (Wildman–Crippen MR) is 129 cm³/mol. The lowest BCUT2D eigenvalue weighted by atomic mass is 9.97. The molecule has 1 aliphatic heterocycles. The molecule has 0 saturated carbocycles. The zero-order valence-corrected chi connectivity index (χ0v) is 19.8. The molecular weight excluding hydrogens is 412 g/mol. The number of amides is 1. The van der Waals surface area contributed by atoms with Crippen molar-refractivity contribution in [3.63, 3.8) is 0 Å². The zero-order valence-electron chi connectivity index (χ0n) is 19.8. The van der Waals surface area contributed by atoms with Gasteiger partial charge in [-0.3, -0.25) is 9.78 Å². The van der Waals surface area contributed by atoms with Gasteiger partial charge in [-0.05, 0) is 68.0 Å². The zero-order chi connectivity index (χ0) is 23.2. The summed E-state index contributed by atoms with van der Waals surface area (Å²) in [5, 5.41) is 0. The summed E-state index contributed by atoms with van der Waals surface area (Å²) in [5.41, 5.74) is 5.86. The molecule has 1 amide bonds. The van der Waals surface area contributed by atoms with E-state index in [4.69, 9.17) is 9.72 Å². The Morgan fingerprint density at radius 3 is 2.67 bits per heavy atom. The van der Waals surface area contributed by atoms with Crippen LogP contribution in [0.2, 0.25) is 0 Å². The highest BCUT2D eigenvalue weighted by molar-refractivity contribution is 5.94. The second kappa shape index (κ2) is 10.7. The summed E-state index contributed by atoms with van der Waals surface area (Å²) < 4.78 is 5.48. The van der Waals surface area contributed by atoms with Crippen molar-refractivity contribution in [1.29, 1.82) is 0 Å². The third-order valence-corrected chi connectivity index (χ3v) is 6.16. The van der Waals surface area contributed by atoms with Crippen molar-refractivity contribution < 1.29 is 9.53 Å². The molecule has 6 nitrogen and oxygen atoms in total. The van der Waals surface area contributed by atoms with Gasteiger partial charge in [0.25, 0.3) is 5.91 Å². The van der Waals surface area contributed by atoms with Crippen LogP contribution >= 0.6 is 0 Å². The molecule has 6 heteroatoms. The minimum absolute atomic E-state index is 0.0495. The molecule has 0 spiro atoms. The molecule has 1 aliphatic rings. The molecule has 1 saturated heterocycles. The van der Waals surface area contributed by atoms with Crippen LogP contribution in [0.25, 0.3) is 11.1 Å². The summed E-state index contributed by atoms with van der Waals surface area (Å²) in [6.45, 7) is 8.12. The molecule has 0 N–H and O–H groups in total. The van der Waals surface area contributed by atoms with Crippen LogP contribution in [0.5, 0.6) is 0 Å². The van der Waals surface area contributed by atoms with Crippen LogP contribution in [-0.2, 0) is 17.8 Å². The van der Waals surface area contributed by atoms with E-state index >= 15 is 0 Å². The minimum Gasteiger partial charge on any atom is -0.377 e. The molecule has 3 heterocycles. The lowest BCUT2D eigenvalue weighted by Crippen LogP contribution is -2.31. The van der Waals surface area contributed by atoms with Crippen molar-refractivity contribution in [2.24, 2.45) is 0 Å². The third-order valence-electron chi connectivity index (χ3n) is 6.16. The van der Waals surface area contributed by atoms with Crippen LogP contribution in [-0.4, -0.2) is 38.9 Å². The molecule has 0 radical (unpaired) electrons. The Morgan fingerprint density at radius 1 is 1.12 bits per heavy atom. The van der Waals surface area contributed by atoms with Gasteiger partial charge >= 0.3 is 0 Å². The van der Waals surface area contributed by atoms with E-state index in [0.29, 0.717) is 18.8 Å². The monoisotopic (exact) mass is 444 g/mol. The second-order valence-electron chi connectivity index (χ2n) is 8.52. The van der Waals surface area contributed by atoms with E-state index in [2.05, 4.69) is 16.9 Å². The van der Waals surface area contributed by atoms with Crippen molar-refractivity contribution in [3.8, 4) is 11.1 Å². The van der Waals surface area contributed by atoms with E-state index in [1.165, 1.54) is 0 Å². The lowest BCUT2D eigenvalue weighted by Gasteiger charge is -2.27. The number of ether oxygens (including phenoxy) is 1. The number of nitrogens with zero attached hydrogens (tertiary/aromatic N) is 4. The van der Waals surface area contributed by atoms with Gasteiger partial charge in [-0.2, -0.15) is 0 Å². The Bertz CT molecular complexity index is 1100. The fraction of sp³-hybridized carbons (Fsp3) is 0.407. The van der Waals surface area contributed by atoms with E-state index in [1.54, 1.807) is 6.20 Å². The smallest absolute Gasteiger partial charge is 0.254 e. The number of pyridine rings is 1. The van der Waals surface area contributed by atoms with Gasteiger partial charge in [0.1, 0.15) is 5.82 Å². The average Bonchev–Trinajstić information content (AvgIpc) is 3.33. The second-order valence-corrected chi connectivity index (χ2v) is 8.52. The number of carbonyl (C=O) groups is 1. The summed E-state index contributed by atoms with van der Waals surface area (Å²) >= 11 is 0. The van der Waals surface area contributed by atoms with Gasteiger partial charge < -0.3 is 9.64 Å². The molecule has 1 aromatic carbocycles. The fourth-order valence-electron chi connectivity index (χ4n) is 4.44. The highest BCUT2D eigenvalue weighted by Crippen LogP contribution is 2.38. The number of likely N-dealkylation sites (tertiary alicyclic amines) is 1. The normalized spacial score (nSPS) is 15.7. The van der Waals surface area contributed by atoms with Gasteiger partial charge in [-0.1, -0.05) is 19.1 Å². The Hall–Kier alpha value is -3.12. The summed E-state index contributed by atoms with van der Waals surface area (Å²) in [5.74, 6) is 0.885. The van der Waals surface area contributed by atoms with E-state index in [-0.39, 0.29) is 11.9 Å². The van der Waals surface area contributed by atoms with Gasteiger partial charge in [0.15, 0.2) is 0 Å². The maximum Gasteiger partial charge on any atom is 0.254 e. The van der Waals surface area contributed by atoms with Crippen molar-refractivity contribution in [2.45, 2.75) is 59.1 Å². The highest BCUT2D eigenvalue weighted by atomic mass is 16.5. The molecule has 2 aromatic heterocycles. The van der Waals surface area contributed by atoms with E-state index in [9.17, 15) is 4.79 Å². The molecule has 172 valence electrons. The summed E-state index contributed by atoms with van der Waals surface area (Å²) in [6.07, 6.45) is 9.25. The largest absolute Gasteiger partial charge is 0.377 e. The minimum atomic E-state index is -0.0678. The van der Waals surface area contributed by atoms with E-state index in [0.717, 1.165) is 66.0 Å². The summed E-state index contributed by atoms with van der Waals surface area (Å²) in [7, 11) is 0. The van der Waals surface area contributed by atoms with Crippen molar-refractivity contribution >= 4 is 5.91 Å². The number of aryl methyl sites for hydroxylation is 2. The Labute approximate surface area is 196 Å². The summed E-state index contributed by atoms with van der Waals surface area (Å²) in [6, 6.07) is 9.70. The fourth-order valence-corrected chi connectivity index (χ4v) is 4.44. The first kappa shape index (κ1) is 23.1. The standard InChI is InChI=1S/C27H32N4O2/c1-4-7-25-29-17-23(22-13-14-28-16-19(22)3)26(30-25)24-8-6-15-31(24)27(32)21-11-9-20(10-12-21)18-33-5-2/h9-14,16-17,24H,4-8,15,18H2,1-3H3/t24-/m0/s1. The molecule has 33 heavy (non-hydrogen) atoms. The average molecular weight is 445 g/mol. The molecule has 0 bridgehead atoms. The first-order valence-electron chi connectivity index (χ1n) is 11.9.